The minimum Gasteiger partial charge on any atom is -0.505 e. The van der Waals surface area contributed by atoms with Crippen LogP contribution in [0.5, 0.6) is 5.75 Å². The molecule has 1 aromatic heterocycles. The number of phenols is 1. The fourth-order valence-electron chi connectivity index (χ4n) is 2.72. The van der Waals surface area contributed by atoms with Crippen LogP contribution in [0.3, 0.4) is 0 Å². The second kappa shape index (κ2) is 7.11. The summed E-state index contributed by atoms with van der Waals surface area (Å²) in [5.41, 5.74) is 1.79. The van der Waals surface area contributed by atoms with Gasteiger partial charge in [0.05, 0.1) is 6.04 Å². The number of nitrogens with one attached hydrogen (secondary N) is 1. The number of carbonyl (C=O) groups excluding carboxylic acids is 1. The van der Waals surface area contributed by atoms with Crippen LogP contribution in [-0.2, 0) is 4.79 Å². The maximum absolute atomic E-state index is 12.3. The van der Waals surface area contributed by atoms with Crippen molar-refractivity contribution < 1.29 is 9.90 Å². The van der Waals surface area contributed by atoms with Gasteiger partial charge in [0.25, 0.3) is 0 Å². The van der Waals surface area contributed by atoms with Crippen LogP contribution in [0.25, 0.3) is 10.9 Å². The fourth-order valence-corrected chi connectivity index (χ4v) is 2.96. The lowest BCUT2D eigenvalue weighted by molar-refractivity contribution is -0.124. The second-order valence-corrected chi connectivity index (χ2v) is 6.60. The van der Waals surface area contributed by atoms with E-state index in [-0.39, 0.29) is 17.6 Å². The minimum absolute atomic E-state index is 0.0482. The van der Waals surface area contributed by atoms with Gasteiger partial charge in [-0.3, -0.25) is 9.78 Å². The highest BCUT2D eigenvalue weighted by Crippen LogP contribution is 2.36. The van der Waals surface area contributed by atoms with Crippen molar-refractivity contribution in [3.8, 4) is 5.75 Å². The normalized spacial score (nSPS) is 12.3. The van der Waals surface area contributed by atoms with Gasteiger partial charge in [0.1, 0.15) is 11.3 Å². The second-order valence-electron chi connectivity index (χ2n) is 6.20. The van der Waals surface area contributed by atoms with E-state index in [1.54, 1.807) is 18.3 Å². The van der Waals surface area contributed by atoms with E-state index in [0.717, 1.165) is 10.9 Å². The van der Waals surface area contributed by atoms with E-state index in [1.165, 1.54) is 0 Å². The smallest absolute Gasteiger partial charge is 0.223 e. The number of hydrogen-bond acceptors (Lipinski definition) is 3. The Labute approximate surface area is 151 Å². The third-order valence-electron chi connectivity index (χ3n) is 4.12. The molecule has 2 aromatic carbocycles. The molecule has 0 aliphatic carbocycles. The average molecular weight is 355 g/mol. The number of benzene rings is 2. The summed E-state index contributed by atoms with van der Waals surface area (Å²) in [5, 5.41) is 15.1. The Morgan fingerprint density at radius 1 is 1.08 bits per heavy atom. The zero-order chi connectivity index (χ0) is 18.0. The van der Waals surface area contributed by atoms with Crippen LogP contribution in [-0.4, -0.2) is 16.0 Å². The molecule has 0 unspecified atom stereocenters. The Kier molecular flexibility index (Phi) is 4.91. The van der Waals surface area contributed by atoms with E-state index in [2.05, 4.69) is 10.3 Å². The molecular formula is C20H19ClN2O2. The van der Waals surface area contributed by atoms with Crippen LogP contribution in [0, 0.1) is 5.92 Å². The molecule has 3 rings (SSSR count). The molecule has 0 aliphatic heterocycles. The molecule has 4 nitrogen and oxygen atoms in total. The van der Waals surface area contributed by atoms with E-state index < -0.39 is 6.04 Å². The summed E-state index contributed by atoms with van der Waals surface area (Å²) in [6, 6.07) is 14.1. The molecule has 0 aliphatic rings. The van der Waals surface area contributed by atoms with E-state index in [9.17, 15) is 9.90 Å². The average Bonchev–Trinajstić information content (AvgIpc) is 2.61. The molecule has 128 valence electrons. The molecule has 25 heavy (non-hydrogen) atoms. The molecule has 0 radical (unpaired) electrons. The van der Waals surface area contributed by atoms with Crippen LogP contribution in [0.15, 0.2) is 54.7 Å². The molecule has 0 spiro atoms. The van der Waals surface area contributed by atoms with Crippen LogP contribution < -0.4 is 5.32 Å². The van der Waals surface area contributed by atoms with Crippen molar-refractivity contribution in [2.75, 3.05) is 0 Å². The van der Waals surface area contributed by atoms with Crippen molar-refractivity contribution in [3.63, 3.8) is 0 Å². The molecule has 1 heterocycles. The lowest BCUT2D eigenvalue weighted by Gasteiger charge is -2.23. The number of halogens is 1. The Morgan fingerprint density at radius 3 is 2.56 bits per heavy atom. The minimum atomic E-state index is -0.560. The summed E-state index contributed by atoms with van der Waals surface area (Å²) < 4.78 is 0. The number of amides is 1. The van der Waals surface area contributed by atoms with Crippen molar-refractivity contribution in [3.05, 3.63) is 70.9 Å². The predicted molar refractivity (Wildman–Crippen MR) is 99.7 cm³/mol. The lowest BCUT2D eigenvalue weighted by Crippen LogP contribution is -2.32. The number of hydrogen-bond donors (Lipinski definition) is 2. The maximum atomic E-state index is 12.3. The van der Waals surface area contributed by atoms with Crippen molar-refractivity contribution in [2.45, 2.75) is 19.9 Å². The highest BCUT2D eigenvalue weighted by molar-refractivity contribution is 6.31. The van der Waals surface area contributed by atoms with Gasteiger partial charge >= 0.3 is 0 Å². The third kappa shape index (κ3) is 3.44. The summed E-state index contributed by atoms with van der Waals surface area (Å²) in [6.07, 6.45) is 1.63. The monoisotopic (exact) mass is 354 g/mol. The molecule has 5 heteroatoms. The highest BCUT2D eigenvalue weighted by atomic mass is 35.5. The van der Waals surface area contributed by atoms with E-state index in [0.29, 0.717) is 16.1 Å². The topological polar surface area (TPSA) is 62.2 Å². The molecule has 0 bridgehead atoms. The largest absolute Gasteiger partial charge is 0.505 e. The van der Waals surface area contributed by atoms with E-state index >= 15 is 0 Å². The van der Waals surface area contributed by atoms with Crippen LogP contribution in [0.1, 0.15) is 31.0 Å². The fraction of sp³-hybridized carbons (Fsp3) is 0.200. The number of aromatic hydroxyl groups is 1. The molecule has 0 saturated heterocycles. The summed E-state index contributed by atoms with van der Waals surface area (Å²) >= 11 is 6.35. The first kappa shape index (κ1) is 17.2. The van der Waals surface area contributed by atoms with Gasteiger partial charge in [-0.25, -0.2) is 0 Å². The zero-order valence-corrected chi connectivity index (χ0v) is 14.8. The summed E-state index contributed by atoms with van der Waals surface area (Å²) in [7, 11) is 0. The molecule has 2 N–H and O–H groups in total. The van der Waals surface area contributed by atoms with Gasteiger partial charge in [-0.1, -0.05) is 61.8 Å². The SMILES string of the molecule is CC(C)C(=O)N[C@H](c1ccccc1Cl)c1ccc2cccnc2c1O. The first-order chi connectivity index (χ1) is 12.0. The number of nitrogens with zero attached hydrogens (tertiary/aromatic N) is 1. The molecule has 0 fully saturated rings. The van der Waals surface area contributed by atoms with Crippen LogP contribution >= 0.6 is 11.6 Å². The van der Waals surface area contributed by atoms with Crippen LogP contribution in [0.2, 0.25) is 5.02 Å². The number of phenolic OH excluding ortho intramolecular Hbond substituents is 1. The molecular weight excluding hydrogens is 336 g/mol. The van der Waals surface area contributed by atoms with Gasteiger partial charge in [-0.15, -0.1) is 0 Å². The van der Waals surface area contributed by atoms with E-state index in [4.69, 9.17) is 11.6 Å². The number of rotatable bonds is 4. The van der Waals surface area contributed by atoms with Gasteiger partial charge in [-0.2, -0.15) is 0 Å². The molecule has 3 aromatic rings. The maximum Gasteiger partial charge on any atom is 0.223 e. The Morgan fingerprint density at radius 2 is 1.84 bits per heavy atom. The Balaban J connectivity index is 2.16. The van der Waals surface area contributed by atoms with Gasteiger partial charge in [0.15, 0.2) is 0 Å². The molecule has 1 amide bonds. The molecule has 0 saturated carbocycles. The first-order valence-electron chi connectivity index (χ1n) is 8.10. The standard InChI is InChI=1S/C20H19ClN2O2/c1-12(2)20(25)23-18(14-7-3-4-8-16(14)21)15-10-9-13-6-5-11-22-17(13)19(15)24/h3-12,18,24H,1-2H3,(H,23,25)/t18-/m1/s1. The van der Waals surface area contributed by atoms with Crippen molar-refractivity contribution in [2.24, 2.45) is 5.92 Å². The predicted octanol–water partition coefficient (Wildman–Crippen LogP) is 4.46. The highest BCUT2D eigenvalue weighted by Gasteiger charge is 2.24. The van der Waals surface area contributed by atoms with Crippen molar-refractivity contribution in [1.82, 2.24) is 10.3 Å². The van der Waals surface area contributed by atoms with E-state index in [1.807, 2.05) is 50.2 Å². The lowest BCUT2D eigenvalue weighted by atomic mass is 9.95. The summed E-state index contributed by atoms with van der Waals surface area (Å²) in [6.45, 7) is 3.64. The number of carbonyl (C=O) groups is 1. The third-order valence-corrected chi connectivity index (χ3v) is 4.46. The van der Waals surface area contributed by atoms with Gasteiger partial charge < -0.3 is 10.4 Å². The number of pyridine rings is 1. The van der Waals surface area contributed by atoms with Crippen molar-refractivity contribution in [1.29, 1.82) is 0 Å². The Bertz CT molecular complexity index is 924. The summed E-state index contributed by atoms with van der Waals surface area (Å²) in [5.74, 6) is -0.261. The van der Waals surface area contributed by atoms with Gasteiger partial charge in [0, 0.05) is 28.1 Å². The number of aromatic nitrogens is 1. The zero-order valence-electron chi connectivity index (χ0n) is 14.0. The molecule has 1 atom stereocenters. The quantitative estimate of drug-likeness (QED) is 0.727. The Hall–Kier alpha value is -2.59. The summed E-state index contributed by atoms with van der Waals surface area (Å²) in [4.78, 5) is 16.6. The van der Waals surface area contributed by atoms with Gasteiger partial charge in [-0.05, 0) is 17.7 Å². The van der Waals surface area contributed by atoms with Crippen molar-refractivity contribution >= 4 is 28.4 Å². The van der Waals surface area contributed by atoms with Gasteiger partial charge in [0.2, 0.25) is 5.91 Å². The first-order valence-corrected chi connectivity index (χ1v) is 8.48. The number of fused-ring (bicyclic) bond motifs is 1. The van der Waals surface area contributed by atoms with Crippen LogP contribution in [0.4, 0.5) is 0 Å².